The van der Waals surface area contributed by atoms with Crippen LogP contribution in [0.1, 0.15) is 40.0 Å². The van der Waals surface area contributed by atoms with Crippen LogP contribution in [0.5, 0.6) is 0 Å². The van der Waals surface area contributed by atoms with E-state index in [0.717, 1.165) is 12.2 Å². The number of carbonyl (C=O) groups excluding carboxylic acids is 1. The third-order valence-electron chi connectivity index (χ3n) is 1.96. The van der Waals surface area contributed by atoms with E-state index in [1.54, 1.807) is 6.08 Å². The van der Waals surface area contributed by atoms with Crippen molar-refractivity contribution in [2.75, 3.05) is 0 Å². The van der Waals surface area contributed by atoms with Gasteiger partial charge in [0, 0.05) is 0 Å². The molecule has 0 saturated carbocycles. The molecular formula is C11H20O. The monoisotopic (exact) mass is 168 g/mol. The van der Waals surface area contributed by atoms with Gasteiger partial charge in [-0.3, -0.25) is 4.79 Å². The number of hydrogen-bond acceptors (Lipinski definition) is 1. The molecule has 0 aliphatic heterocycles. The van der Waals surface area contributed by atoms with Crippen molar-refractivity contribution in [3.63, 3.8) is 0 Å². The molecule has 0 aliphatic carbocycles. The highest BCUT2D eigenvalue weighted by molar-refractivity contribution is 5.64. The zero-order chi connectivity index (χ0) is 9.40. The molecule has 1 unspecified atom stereocenters. The van der Waals surface area contributed by atoms with Gasteiger partial charge >= 0.3 is 0 Å². The molecule has 0 amide bonds. The molecule has 70 valence electrons. The zero-order valence-corrected chi connectivity index (χ0v) is 8.42. The Bertz CT molecular complexity index is 136. The van der Waals surface area contributed by atoms with Gasteiger partial charge in [0.25, 0.3) is 0 Å². The highest BCUT2D eigenvalue weighted by Gasteiger charge is 1.98. The minimum absolute atomic E-state index is 0.550. The van der Waals surface area contributed by atoms with E-state index in [0.29, 0.717) is 5.92 Å². The van der Waals surface area contributed by atoms with Gasteiger partial charge in [-0.15, -0.1) is 0 Å². The van der Waals surface area contributed by atoms with E-state index in [4.69, 9.17) is 0 Å². The maximum Gasteiger partial charge on any atom is 0.142 e. The van der Waals surface area contributed by atoms with Crippen LogP contribution in [0.4, 0.5) is 0 Å². The van der Waals surface area contributed by atoms with Crippen molar-refractivity contribution >= 4 is 6.29 Å². The zero-order valence-electron chi connectivity index (χ0n) is 8.42. The fourth-order valence-corrected chi connectivity index (χ4v) is 1.18. The molecule has 0 bridgehead atoms. The number of carbonyl (C=O) groups is 1. The molecule has 0 spiro atoms. The standard InChI is InChI=1S/C11H20O/c1-10(2)6-4-7-11(3)8-5-9-12/h5,8-11H,4,6-7H2,1-3H3. The molecule has 0 N–H and O–H groups in total. The second kappa shape index (κ2) is 7.08. The van der Waals surface area contributed by atoms with Crippen LogP contribution in [-0.2, 0) is 4.79 Å². The van der Waals surface area contributed by atoms with Crippen LogP contribution in [0, 0.1) is 11.8 Å². The first-order valence-electron chi connectivity index (χ1n) is 4.78. The van der Waals surface area contributed by atoms with Crippen LogP contribution in [-0.4, -0.2) is 6.29 Å². The Balaban J connectivity index is 3.37. The van der Waals surface area contributed by atoms with Gasteiger partial charge in [-0.1, -0.05) is 39.7 Å². The smallest absolute Gasteiger partial charge is 0.142 e. The first-order valence-corrected chi connectivity index (χ1v) is 4.78. The second-order valence-corrected chi connectivity index (χ2v) is 3.82. The molecule has 0 saturated heterocycles. The maximum absolute atomic E-state index is 10.0. The summed E-state index contributed by atoms with van der Waals surface area (Å²) in [5, 5.41) is 0. The van der Waals surface area contributed by atoms with E-state index in [9.17, 15) is 4.79 Å². The number of rotatable bonds is 6. The van der Waals surface area contributed by atoms with E-state index in [2.05, 4.69) is 20.8 Å². The quantitative estimate of drug-likeness (QED) is 0.439. The van der Waals surface area contributed by atoms with Crippen LogP contribution in [0.2, 0.25) is 0 Å². The van der Waals surface area contributed by atoms with Crippen molar-refractivity contribution in [3.05, 3.63) is 12.2 Å². The number of allylic oxidation sites excluding steroid dienone is 2. The summed E-state index contributed by atoms with van der Waals surface area (Å²) in [6, 6.07) is 0. The Kier molecular flexibility index (Phi) is 6.73. The molecule has 1 atom stereocenters. The third-order valence-corrected chi connectivity index (χ3v) is 1.96. The van der Waals surface area contributed by atoms with Gasteiger partial charge in [-0.25, -0.2) is 0 Å². The summed E-state index contributed by atoms with van der Waals surface area (Å²) in [5.41, 5.74) is 0. The summed E-state index contributed by atoms with van der Waals surface area (Å²) in [4.78, 5) is 10.0. The highest BCUT2D eigenvalue weighted by atomic mass is 16.1. The van der Waals surface area contributed by atoms with Gasteiger partial charge in [0.1, 0.15) is 6.29 Å². The molecule has 1 nitrogen and oxygen atoms in total. The second-order valence-electron chi connectivity index (χ2n) is 3.82. The van der Waals surface area contributed by atoms with Crippen LogP contribution in [0.3, 0.4) is 0 Å². The Hall–Kier alpha value is -0.590. The highest BCUT2D eigenvalue weighted by Crippen LogP contribution is 2.12. The van der Waals surface area contributed by atoms with Crippen molar-refractivity contribution in [3.8, 4) is 0 Å². The molecule has 12 heavy (non-hydrogen) atoms. The molecule has 0 aromatic heterocycles. The predicted molar refractivity (Wildman–Crippen MR) is 53.1 cm³/mol. The van der Waals surface area contributed by atoms with Gasteiger partial charge in [0.15, 0.2) is 0 Å². The summed E-state index contributed by atoms with van der Waals surface area (Å²) in [6.45, 7) is 6.64. The van der Waals surface area contributed by atoms with Crippen molar-refractivity contribution in [2.45, 2.75) is 40.0 Å². The molecule has 0 aromatic rings. The number of aldehydes is 1. The summed E-state index contributed by atoms with van der Waals surface area (Å²) in [6.07, 6.45) is 8.18. The topological polar surface area (TPSA) is 17.1 Å². The molecular weight excluding hydrogens is 148 g/mol. The van der Waals surface area contributed by atoms with Gasteiger partial charge in [-0.2, -0.15) is 0 Å². The first kappa shape index (κ1) is 11.4. The van der Waals surface area contributed by atoms with E-state index in [1.807, 2.05) is 6.08 Å². The Labute approximate surface area is 75.9 Å². The number of hydrogen-bond donors (Lipinski definition) is 0. The average Bonchev–Trinajstić information content (AvgIpc) is 2.00. The van der Waals surface area contributed by atoms with Crippen molar-refractivity contribution in [2.24, 2.45) is 11.8 Å². The van der Waals surface area contributed by atoms with E-state index >= 15 is 0 Å². The van der Waals surface area contributed by atoms with Crippen LogP contribution in [0.25, 0.3) is 0 Å². The van der Waals surface area contributed by atoms with Crippen molar-refractivity contribution < 1.29 is 4.79 Å². The molecule has 0 rings (SSSR count). The Morgan fingerprint density at radius 1 is 1.17 bits per heavy atom. The summed E-state index contributed by atoms with van der Waals surface area (Å²) < 4.78 is 0. The Morgan fingerprint density at radius 3 is 2.33 bits per heavy atom. The minimum atomic E-state index is 0.550. The molecule has 0 fully saturated rings. The van der Waals surface area contributed by atoms with E-state index < -0.39 is 0 Å². The lowest BCUT2D eigenvalue weighted by atomic mass is 9.99. The minimum Gasteiger partial charge on any atom is -0.299 e. The Morgan fingerprint density at radius 2 is 1.83 bits per heavy atom. The normalized spacial score (nSPS) is 14.0. The SMILES string of the molecule is CC(C)CCCC(C)C=CC=O. The molecule has 0 radical (unpaired) electrons. The summed E-state index contributed by atoms with van der Waals surface area (Å²) in [5.74, 6) is 1.35. The van der Waals surface area contributed by atoms with Gasteiger partial charge in [-0.05, 0) is 24.3 Å². The van der Waals surface area contributed by atoms with Crippen LogP contribution >= 0.6 is 0 Å². The summed E-state index contributed by atoms with van der Waals surface area (Å²) in [7, 11) is 0. The predicted octanol–water partition coefficient (Wildman–Crippen LogP) is 3.20. The van der Waals surface area contributed by atoms with E-state index in [-0.39, 0.29) is 0 Å². The third kappa shape index (κ3) is 7.52. The largest absolute Gasteiger partial charge is 0.299 e. The molecule has 0 heterocycles. The van der Waals surface area contributed by atoms with Gasteiger partial charge in [0.2, 0.25) is 0 Å². The van der Waals surface area contributed by atoms with Crippen LogP contribution in [0.15, 0.2) is 12.2 Å². The fraction of sp³-hybridized carbons (Fsp3) is 0.727. The molecule has 0 aromatic carbocycles. The van der Waals surface area contributed by atoms with Crippen molar-refractivity contribution in [1.82, 2.24) is 0 Å². The van der Waals surface area contributed by atoms with Crippen LogP contribution < -0.4 is 0 Å². The van der Waals surface area contributed by atoms with Crippen molar-refractivity contribution in [1.29, 1.82) is 0 Å². The first-order chi connectivity index (χ1) is 5.66. The van der Waals surface area contributed by atoms with Gasteiger partial charge in [0.05, 0.1) is 0 Å². The lowest BCUT2D eigenvalue weighted by Crippen LogP contribution is -1.93. The lowest BCUT2D eigenvalue weighted by molar-refractivity contribution is -0.104. The summed E-state index contributed by atoms with van der Waals surface area (Å²) >= 11 is 0. The fourth-order valence-electron chi connectivity index (χ4n) is 1.18. The maximum atomic E-state index is 10.0. The van der Waals surface area contributed by atoms with E-state index in [1.165, 1.54) is 19.3 Å². The lowest BCUT2D eigenvalue weighted by Gasteiger charge is -2.06. The molecule has 1 heteroatoms. The van der Waals surface area contributed by atoms with Gasteiger partial charge < -0.3 is 0 Å². The average molecular weight is 168 g/mol. The molecule has 0 aliphatic rings.